The average molecular weight is 653 g/mol. The van der Waals surface area contributed by atoms with Crippen LogP contribution < -0.4 is 15.4 Å². The monoisotopic (exact) mass is 652 g/mol. The van der Waals surface area contributed by atoms with Gasteiger partial charge in [-0.25, -0.2) is 0 Å². The molecular weight excluding hydrogens is 613 g/mol. The molecule has 0 saturated heterocycles. The number of ether oxygens (including phenoxy) is 1. The van der Waals surface area contributed by atoms with E-state index in [9.17, 15) is 22.8 Å². The first kappa shape index (κ1) is 34.2. The van der Waals surface area contributed by atoms with Gasteiger partial charge in [-0.2, -0.15) is 13.2 Å². The van der Waals surface area contributed by atoms with Gasteiger partial charge < -0.3 is 15.4 Å². The van der Waals surface area contributed by atoms with Crippen LogP contribution in [0.15, 0.2) is 103 Å². The van der Waals surface area contributed by atoms with Crippen molar-refractivity contribution in [2.45, 2.75) is 58.2 Å². The highest BCUT2D eigenvalue weighted by Crippen LogP contribution is 2.34. The lowest BCUT2D eigenvalue weighted by Crippen LogP contribution is -2.22. The molecule has 5 aromatic rings. The topological polar surface area (TPSA) is 67.4 Å². The molecule has 2 N–H and O–H groups in total. The number of aryl methyl sites for hydroxylation is 1. The predicted molar refractivity (Wildman–Crippen MR) is 185 cm³/mol. The standard InChI is InChI=1S/C40H39F3N2O3/c1-28-33(27-46)14-8-15-37(28)44-23-6-4-2-3-5-10-29-11-7-12-30(24-29)26-45-39(47)32-17-22-36-31(25-32)13-9-16-38(36)48-35-20-18-34(19-21-35)40(41,42)43/h7-9,11-22,24-25,27,44H,2-6,10,23,26H2,1H3,(H,45,47). The molecule has 0 heterocycles. The highest BCUT2D eigenvalue weighted by molar-refractivity contribution is 6.00. The van der Waals surface area contributed by atoms with Gasteiger partial charge in [0.15, 0.2) is 0 Å². The summed E-state index contributed by atoms with van der Waals surface area (Å²) in [7, 11) is 0. The van der Waals surface area contributed by atoms with E-state index >= 15 is 0 Å². The van der Waals surface area contributed by atoms with E-state index in [1.807, 2.05) is 43.3 Å². The van der Waals surface area contributed by atoms with Crippen molar-refractivity contribution in [3.8, 4) is 11.5 Å². The summed E-state index contributed by atoms with van der Waals surface area (Å²) in [5.41, 5.74) is 4.79. The van der Waals surface area contributed by atoms with Crippen molar-refractivity contribution in [3.05, 3.63) is 137 Å². The summed E-state index contributed by atoms with van der Waals surface area (Å²) in [6.07, 6.45) is 3.11. The lowest BCUT2D eigenvalue weighted by molar-refractivity contribution is -0.137. The first-order valence-electron chi connectivity index (χ1n) is 16.2. The van der Waals surface area contributed by atoms with Crippen molar-refractivity contribution >= 4 is 28.7 Å². The Morgan fingerprint density at radius 1 is 0.792 bits per heavy atom. The summed E-state index contributed by atoms with van der Waals surface area (Å²) < 4.78 is 44.6. The number of alkyl halides is 3. The molecule has 5 rings (SSSR count). The van der Waals surface area contributed by atoms with Crippen LogP contribution in [0, 0.1) is 6.92 Å². The molecule has 0 atom stereocenters. The van der Waals surface area contributed by atoms with Crippen LogP contribution in [0.5, 0.6) is 11.5 Å². The molecule has 8 heteroatoms. The molecule has 0 saturated carbocycles. The van der Waals surface area contributed by atoms with Crippen molar-refractivity contribution in [2.75, 3.05) is 11.9 Å². The number of carbonyl (C=O) groups excluding carboxylic acids is 2. The van der Waals surface area contributed by atoms with Crippen LogP contribution in [-0.2, 0) is 19.1 Å². The van der Waals surface area contributed by atoms with Crippen LogP contribution in [0.1, 0.15) is 75.1 Å². The number of halogens is 3. The van der Waals surface area contributed by atoms with Crippen molar-refractivity contribution in [1.29, 1.82) is 0 Å². The molecule has 0 aliphatic carbocycles. The number of anilines is 1. The molecule has 0 spiro atoms. The van der Waals surface area contributed by atoms with Gasteiger partial charge in [-0.3, -0.25) is 9.59 Å². The number of unbranched alkanes of at least 4 members (excludes halogenated alkanes) is 4. The minimum absolute atomic E-state index is 0.197. The van der Waals surface area contributed by atoms with Crippen LogP contribution in [-0.4, -0.2) is 18.7 Å². The van der Waals surface area contributed by atoms with Crippen LogP contribution in [0.3, 0.4) is 0 Å². The Labute approximate surface area is 279 Å². The second kappa shape index (κ2) is 16.1. The molecule has 0 bridgehead atoms. The average Bonchev–Trinajstić information content (AvgIpc) is 3.09. The van der Waals surface area contributed by atoms with Gasteiger partial charge in [0.2, 0.25) is 0 Å². The third kappa shape index (κ3) is 9.25. The summed E-state index contributed by atoms with van der Waals surface area (Å²) in [4.78, 5) is 24.2. The zero-order valence-corrected chi connectivity index (χ0v) is 26.9. The summed E-state index contributed by atoms with van der Waals surface area (Å²) in [5.74, 6) is 0.580. The largest absolute Gasteiger partial charge is 0.457 e. The quantitative estimate of drug-likeness (QED) is 0.0873. The van der Waals surface area contributed by atoms with E-state index in [2.05, 4.69) is 22.8 Å². The summed E-state index contributed by atoms with van der Waals surface area (Å²) in [6.45, 7) is 3.26. The summed E-state index contributed by atoms with van der Waals surface area (Å²) in [6, 6.07) is 29.3. The van der Waals surface area contributed by atoms with E-state index in [4.69, 9.17) is 4.74 Å². The number of fused-ring (bicyclic) bond motifs is 1. The minimum Gasteiger partial charge on any atom is -0.457 e. The van der Waals surface area contributed by atoms with Gasteiger partial charge in [-0.1, -0.05) is 67.8 Å². The summed E-state index contributed by atoms with van der Waals surface area (Å²) in [5, 5.41) is 7.98. The van der Waals surface area contributed by atoms with Gasteiger partial charge in [-0.15, -0.1) is 0 Å². The maximum atomic E-state index is 13.0. The maximum Gasteiger partial charge on any atom is 0.416 e. The number of amides is 1. The van der Waals surface area contributed by atoms with Crippen molar-refractivity contribution in [1.82, 2.24) is 5.32 Å². The lowest BCUT2D eigenvalue weighted by atomic mass is 10.0. The van der Waals surface area contributed by atoms with E-state index in [1.54, 1.807) is 30.3 Å². The smallest absolute Gasteiger partial charge is 0.416 e. The Hall–Kier alpha value is -5.11. The fraction of sp³-hybridized carbons (Fsp3) is 0.250. The number of aldehydes is 1. The SMILES string of the molecule is Cc1c(C=O)cccc1NCCCCCCCc1cccc(CNC(=O)c2ccc3c(Oc4ccc(C(F)(F)F)cc4)cccc3c2)c1. The van der Waals surface area contributed by atoms with E-state index < -0.39 is 11.7 Å². The fourth-order valence-corrected chi connectivity index (χ4v) is 5.68. The Bertz CT molecular complexity index is 1850. The van der Waals surface area contributed by atoms with Crippen molar-refractivity contribution in [3.63, 3.8) is 0 Å². The number of nitrogens with one attached hydrogen (secondary N) is 2. The second-order valence-corrected chi connectivity index (χ2v) is 11.9. The van der Waals surface area contributed by atoms with Crippen molar-refractivity contribution < 1.29 is 27.5 Å². The molecule has 5 aromatic carbocycles. The third-order valence-corrected chi connectivity index (χ3v) is 8.42. The first-order valence-corrected chi connectivity index (χ1v) is 16.2. The zero-order valence-electron chi connectivity index (χ0n) is 26.9. The number of hydrogen-bond acceptors (Lipinski definition) is 4. The van der Waals surface area contributed by atoms with Gasteiger partial charge in [0.25, 0.3) is 5.91 Å². The molecule has 248 valence electrons. The van der Waals surface area contributed by atoms with E-state index in [0.717, 1.165) is 90.2 Å². The van der Waals surface area contributed by atoms with Gasteiger partial charge in [0, 0.05) is 35.3 Å². The highest BCUT2D eigenvalue weighted by atomic mass is 19.4. The normalized spacial score (nSPS) is 11.3. The molecule has 0 unspecified atom stereocenters. The molecule has 0 aliphatic heterocycles. The van der Waals surface area contributed by atoms with Crippen LogP contribution >= 0.6 is 0 Å². The number of rotatable bonds is 15. The van der Waals surface area contributed by atoms with E-state index in [1.165, 1.54) is 24.1 Å². The minimum atomic E-state index is -4.41. The van der Waals surface area contributed by atoms with Crippen LogP contribution in [0.4, 0.5) is 18.9 Å². The van der Waals surface area contributed by atoms with E-state index in [-0.39, 0.29) is 5.91 Å². The number of carbonyl (C=O) groups is 2. The second-order valence-electron chi connectivity index (χ2n) is 11.9. The Morgan fingerprint density at radius 3 is 2.31 bits per heavy atom. The molecule has 1 amide bonds. The fourth-order valence-electron chi connectivity index (χ4n) is 5.68. The van der Waals surface area contributed by atoms with Crippen LogP contribution in [0.25, 0.3) is 10.8 Å². The predicted octanol–water partition coefficient (Wildman–Crippen LogP) is 10.3. The van der Waals surface area contributed by atoms with Gasteiger partial charge in [-0.05, 0) is 103 Å². The Morgan fingerprint density at radius 2 is 1.52 bits per heavy atom. The zero-order chi connectivity index (χ0) is 33.9. The van der Waals surface area contributed by atoms with Crippen LogP contribution in [0.2, 0.25) is 0 Å². The van der Waals surface area contributed by atoms with Gasteiger partial charge >= 0.3 is 6.18 Å². The highest BCUT2D eigenvalue weighted by Gasteiger charge is 2.30. The van der Waals surface area contributed by atoms with E-state index in [0.29, 0.717) is 23.6 Å². The molecule has 0 aliphatic rings. The van der Waals surface area contributed by atoms with Gasteiger partial charge in [0.1, 0.15) is 17.8 Å². The maximum absolute atomic E-state index is 13.0. The Balaban J connectivity index is 1.05. The van der Waals surface area contributed by atoms with Gasteiger partial charge in [0.05, 0.1) is 5.56 Å². The first-order chi connectivity index (χ1) is 23.2. The molecule has 0 radical (unpaired) electrons. The summed E-state index contributed by atoms with van der Waals surface area (Å²) >= 11 is 0. The molecule has 0 fully saturated rings. The number of hydrogen-bond donors (Lipinski definition) is 2. The van der Waals surface area contributed by atoms with Crippen molar-refractivity contribution in [2.24, 2.45) is 0 Å². The third-order valence-electron chi connectivity index (χ3n) is 8.42. The number of benzene rings is 5. The molecule has 48 heavy (non-hydrogen) atoms. The Kier molecular flexibility index (Phi) is 11.5. The molecule has 5 nitrogen and oxygen atoms in total. The molecule has 0 aromatic heterocycles. The lowest BCUT2D eigenvalue weighted by Gasteiger charge is -2.12. The molecular formula is C40H39F3N2O3.